The zero-order valence-electron chi connectivity index (χ0n) is 13.2. The van der Waals surface area contributed by atoms with Crippen molar-refractivity contribution in [2.75, 3.05) is 6.54 Å². The molecule has 0 spiro atoms. The average molecular weight is 316 g/mol. The fourth-order valence-electron chi connectivity index (χ4n) is 2.23. The number of hydrogen-bond acceptors (Lipinski definition) is 4. The molecule has 0 bridgehead atoms. The molecule has 23 heavy (non-hydrogen) atoms. The number of hydrogen-bond donors (Lipinski definition) is 1. The lowest BCUT2D eigenvalue weighted by atomic mass is 10.2. The van der Waals surface area contributed by atoms with Gasteiger partial charge in [0.2, 0.25) is 5.91 Å². The van der Waals surface area contributed by atoms with Crippen LogP contribution in [0.1, 0.15) is 20.3 Å². The summed E-state index contributed by atoms with van der Waals surface area (Å²) in [5, 5.41) is 16.8. The van der Waals surface area contributed by atoms with Crippen molar-refractivity contribution in [3.63, 3.8) is 0 Å². The molecule has 7 heteroatoms. The standard InChI is InChI=1S/C16H20N4O3/c1-12(2)20(9-8-16(22)23)15(21)11-19-10-14(17-18-19)13-6-4-3-5-7-13/h3-7,10,12H,8-9,11H2,1-2H3,(H,22,23). The molecule has 0 aliphatic carbocycles. The van der Waals surface area contributed by atoms with Gasteiger partial charge < -0.3 is 10.0 Å². The summed E-state index contributed by atoms with van der Waals surface area (Å²) in [6, 6.07) is 9.50. The van der Waals surface area contributed by atoms with Gasteiger partial charge in [0, 0.05) is 18.2 Å². The van der Waals surface area contributed by atoms with Crippen molar-refractivity contribution in [3.05, 3.63) is 36.5 Å². The molecule has 1 amide bonds. The minimum Gasteiger partial charge on any atom is -0.481 e. The Morgan fingerprint density at radius 2 is 1.96 bits per heavy atom. The van der Waals surface area contributed by atoms with Gasteiger partial charge in [-0.3, -0.25) is 9.59 Å². The van der Waals surface area contributed by atoms with E-state index in [0.29, 0.717) is 5.69 Å². The van der Waals surface area contributed by atoms with Crippen LogP contribution in [-0.4, -0.2) is 49.5 Å². The molecule has 2 aromatic rings. The van der Waals surface area contributed by atoms with E-state index in [2.05, 4.69) is 10.3 Å². The Morgan fingerprint density at radius 3 is 2.57 bits per heavy atom. The Kier molecular flexibility index (Phi) is 5.46. The van der Waals surface area contributed by atoms with Crippen LogP contribution < -0.4 is 0 Å². The number of aromatic nitrogens is 3. The lowest BCUT2D eigenvalue weighted by molar-refractivity contribution is -0.139. The number of carboxylic acid groups (broad SMARTS) is 1. The molecular formula is C16H20N4O3. The Labute approximate surface area is 134 Å². The van der Waals surface area contributed by atoms with Gasteiger partial charge in [-0.15, -0.1) is 5.10 Å². The van der Waals surface area contributed by atoms with Crippen molar-refractivity contribution in [2.24, 2.45) is 0 Å². The molecule has 122 valence electrons. The monoisotopic (exact) mass is 316 g/mol. The summed E-state index contributed by atoms with van der Waals surface area (Å²) in [5.74, 6) is -1.10. The minimum atomic E-state index is -0.921. The van der Waals surface area contributed by atoms with Crippen molar-refractivity contribution in [3.8, 4) is 11.3 Å². The van der Waals surface area contributed by atoms with Gasteiger partial charge in [-0.25, -0.2) is 4.68 Å². The summed E-state index contributed by atoms with van der Waals surface area (Å²) in [7, 11) is 0. The number of nitrogens with zero attached hydrogens (tertiary/aromatic N) is 4. The van der Waals surface area contributed by atoms with Gasteiger partial charge in [0.25, 0.3) is 0 Å². The molecule has 1 N–H and O–H groups in total. The first-order valence-electron chi connectivity index (χ1n) is 7.44. The number of carboxylic acids is 1. The van der Waals surface area contributed by atoms with Crippen LogP contribution in [-0.2, 0) is 16.1 Å². The molecule has 0 aliphatic rings. The second-order valence-corrected chi connectivity index (χ2v) is 5.49. The highest BCUT2D eigenvalue weighted by Gasteiger charge is 2.19. The molecule has 0 saturated carbocycles. The van der Waals surface area contributed by atoms with E-state index in [4.69, 9.17) is 5.11 Å². The molecular weight excluding hydrogens is 296 g/mol. The van der Waals surface area contributed by atoms with E-state index in [1.165, 1.54) is 9.58 Å². The van der Waals surface area contributed by atoms with Crippen LogP contribution in [0.15, 0.2) is 36.5 Å². The summed E-state index contributed by atoms with van der Waals surface area (Å²) < 4.78 is 1.47. The minimum absolute atomic E-state index is 0.0393. The summed E-state index contributed by atoms with van der Waals surface area (Å²) in [4.78, 5) is 24.6. The molecule has 0 aliphatic heterocycles. The van der Waals surface area contributed by atoms with E-state index < -0.39 is 5.97 Å². The Balaban J connectivity index is 2.04. The lowest BCUT2D eigenvalue weighted by Gasteiger charge is -2.26. The van der Waals surface area contributed by atoms with E-state index in [1.807, 2.05) is 44.2 Å². The third kappa shape index (κ3) is 4.64. The fourth-order valence-corrected chi connectivity index (χ4v) is 2.23. The summed E-state index contributed by atoms with van der Waals surface area (Å²) >= 11 is 0. The van der Waals surface area contributed by atoms with E-state index in [-0.39, 0.29) is 31.5 Å². The van der Waals surface area contributed by atoms with Crippen molar-refractivity contribution in [2.45, 2.75) is 32.9 Å². The maximum absolute atomic E-state index is 12.4. The summed E-state index contributed by atoms with van der Waals surface area (Å²) in [5.41, 5.74) is 1.62. The summed E-state index contributed by atoms with van der Waals surface area (Å²) in [6.45, 7) is 3.94. The topological polar surface area (TPSA) is 88.3 Å². The zero-order chi connectivity index (χ0) is 16.8. The smallest absolute Gasteiger partial charge is 0.305 e. The number of carbonyl (C=O) groups excluding carboxylic acids is 1. The Bertz CT molecular complexity index is 667. The quantitative estimate of drug-likeness (QED) is 0.839. The molecule has 1 heterocycles. The predicted molar refractivity (Wildman–Crippen MR) is 84.6 cm³/mol. The number of benzene rings is 1. The number of amides is 1. The third-order valence-electron chi connectivity index (χ3n) is 3.42. The highest BCUT2D eigenvalue weighted by atomic mass is 16.4. The first-order valence-corrected chi connectivity index (χ1v) is 7.44. The van der Waals surface area contributed by atoms with E-state index >= 15 is 0 Å². The van der Waals surface area contributed by atoms with Crippen molar-refractivity contribution >= 4 is 11.9 Å². The molecule has 0 radical (unpaired) electrons. The molecule has 0 unspecified atom stereocenters. The number of rotatable bonds is 7. The normalized spacial score (nSPS) is 10.7. The Hall–Kier alpha value is -2.70. The highest BCUT2D eigenvalue weighted by molar-refractivity contribution is 5.77. The summed E-state index contributed by atoms with van der Waals surface area (Å²) in [6.07, 6.45) is 1.64. The van der Waals surface area contributed by atoms with E-state index in [9.17, 15) is 9.59 Å². The second kappa shape index (κ2) is 7.53. The second-order valence-electron chi connectivity index (χ2n) is 5.49. The van der Waals surface area contributed by atoms with Crippen LogP contribution in [0.25, 0.3) is 11.3 Å². The van der Waals surface area contributed by atoms with Crippen molar-refractivity contribution in [1.29, 1.82) is 0 Å². The lowest BCUT2D eigenvalue weighted by Crippen LogP contribution is -2.40. The largest absolute Gasteiger partial charge is 0.481 e. The maximum atomic E-state index is 12.4. The average Bonchev–Trinajstić information content (AvgIpc) is 2.96. The van der Waals surface area contributed by atoms with E-state index in [1.54, 1.807) is 6.20 Å². The number of carbonyl (C=O) groups is 2. The molecule has 1 aromatic carbocycles. The molecule has 0 saturated heterocycles. The maximum Gasteiger partial charge on any atom is 0.305 e. The molecule has 0 atom stereocenters. The first kappa shape index (κ1) is 16.7. The third-order valence-corrected chi connectivity index (χ3v) is 3.42. The molecule has 0 fully saturated rings. The predicted octanol–water partition coefficient (Wildman–Crippen LogP) is 1.66. The van der Waals surface area contributed by atoms with E-state index in [0.717, 1.165) is 5.56 Å². The number of aliphatic carboxylic acids is 1. The van der Waals surface area contributed by atoms with Gasteiger partial charge in [0.1, 0.15) is 12.2 Å². The highest BCUT2D eigenvalue weighted by Crippen LogP contribution is 2.15. The van der Waals surface area contributed by atoms with Crippen LogP contribution >= 0.6 is 0 Å². The van der Waals surface area contributed by atoms with Gasteiger partial charge in [0.15, 0.2) is 0 Å². The SMILES string of the molecule is CC(C)N(CCC(=O)O)C(=O)Cn1cc(-c2ccccc2)nn1. The molecule has 7 nitrogen and oxygen atoms in total. The van der Waals surface area contributed by atoms with Crippen LogP contribution in [0, 0.1) is 0 Å². The van der Waals surface area contributed by atoms with Gasteiger partial charge in [-0.2, -0.15) is 0 Å². The fraction of sp³-hybridized carbons (Fsp3) is 0.375. The molecule has 2 rings (SSSR count). The van der Waals surface area contributed by atoms with Gasteiger partial charge in [-0.05, 0) is 13.8 Å². The van der Waals surface area contributed by atoms with Gasteiger partial charge >= 0.3 is 5.97 Å². The van der Waals surface area contributed by atoms with Gasteiger partial charge in [-0.1, -0.05) is 35.5 Å². The first-order chi connectivity index (χ1) is 11.0. The van der Waals surface area contributed by atoms with Crippen LogP contribution in [0.4, 0.5) is 0 Å². The van der Waals surface area contributed by atoms with Crippen LogP contribution in [0.3, 0.4) is 0 Å². The van der Waals surface area contributed by atoms with Crippen molar-refractivity contribution in [1.82, 2.24) is 19.9 Å². The van der Waals surface area contributed by atoms with Crippen LogP contribution in [0.2, 0.25) is 0 Å². The van der Waals surface area contributed by atoms with Gasteiger partial charge in [0.05, 0.1) is 12.6 Å². The van der Waals surface area contributed by atoms with Crippen LogP contribution in [0.5, 0.6) is 0 Å². The van der Waals surface area contributed by atoms with Crippen molar-refractivity contribution < 1.29 is 14.7 Å². The Morgan fingerprint density at radius 1 is 1.26 bits per heavy atom. The zero-order valence-corrected chi connectivity index (χ0v) is 13.2. The molecule has 1 aromatic heterocycles.